The molecule has 1 aromatic heterocycles. The van der Waals surface area contributed by atoms with Gasteiger partial charge in [-0.3, -0.25) is 4.98 Å². The van der Waals surface area contributed by atoms with Gasteiger partial charge in [-0.1, -0.05) is 12.2 Å². The van der Waals surface area contributed by atoms with E-state index >= 15 is 0 Å². The summed E-state index contributed by atoms with van der Waals surface area (Å²) in [6.45, 7) is 0.0433. The minimum absolute atomic E-state index is 0.0385. The van der Waals surface area contributed by atoms with Gasteiger partial charge in [-0.15, -0.1) is 0 Å². The van der Waals surface area contributed by atoms with Crippen LogP contribution in [-0.4, -0.2) is 31.2 Å². The molecule has 0 unspecified atom stereocenters. The van der Waals surface area contributed by atoms with Gasteiger partial charge in [0.1, 0.15) is 4.90 Å². The number of aromatic nitrogens is 1. The van der Waals surface area contributed by atoms with E-state index in [2.05, 4.69) is 9.71 Å². The van der Waals surface area contributed by atoms with Gasteiger partial charge in [0.2, 0.25) is 10.0 Å². The first-order valence-corrected chi connectivity index (χ1v) is 6.81. The van der Waals surface area contributed by atoms with E-state index in [4.69, 9.17) is 5.11 Å². The van der Waals surface area contributed by atoms with Gasteiger partial charge in [0.15, 0.2) is 0 Å². The molecule has 1 aliphatic carbocycles. The second-order valence-electron chi connectivity index (χ2n) is 3.98. The molecule has 0 saturated heterocycles. The summed E-state index contributed by atoms with van der Waals surface area (Å²) in [6, 6.07) is 2.82. The molecular weight excluding hydrogens is 240 g/mol. The van der Waals surface area contributed by atoms with Crippen LogP contribution in [0.4, 0.5) is 0 Å². The molecule has 2 N–H and O–H groups in total. The van der Waals surface area contributed by atoms with Crippen LogP contribution < -0.4 is 4.72 Å². The van der Waals surface area contributed by atoms with Crippen molar-refractivity contribution in [3.05, 3.63) is 36.7 Å². The number of nitrogens with one attached hydrogen (secondary N) is 1. The van der Waals surface area contributed by atoms with E-state index in [0.717, 1.165) is 0 Å². The van der Waals surface area contributed by atoms with Crippen molar-refractivity contribution in [2.24, 2.45) is 5.92 Å². The molecule has 0 fully saturated rings. The third-order valence-corrected chi connectivity index (χ3v) is 4.13. The summed E-state index contributed by atoms with van der Waals surface area (Å²) in [5, 5.41) is 8.96. The van der Waals surface area contributed by atoms with E-state index in [0.29, 0.717) is 6.42 Å². The molecule has 1 heterocycles. The van der Waals surface area contributed by atoms with Crippen LogP contribution in [0.3, 0.4) is 0 Å². The molecule has 0 aliphatic heterocycles. The predicted molar refractivity (Wildman–Crippen MR) is 62.7 cm³/mol. The molecule has 0 bridgehead atoms. The third kappa shape index (κ3) is 2.91. The average Bonchev–Trinajstić information content (AvgIpc) is 2.77. The molecule has 0 amide bonds. The first-order valence-electron chi connectivity index (χ1n) is 5.33. The van der Waals surface area contributed by atoms with Gasteiger partial charge in [-0.2, -0.15) is 0 Å². The van der Waals surface area contributed by atoms with Crippen LogP contribution in [0.1, 0.15) is 6.42 Å². The Morgan fingerprint density at radius 1 is 1.47 bits per heavy atom. The minimum atomic E-state index is -3.52. The molecule has 2 atom stereocenters. The van der Waals surface area contributed by atoms with Gasteiger partial charge >= 0.3 is 0 Å². The topological polar surface area (TPSA) is 79.3 Å². The molecule has 5 nitrogen and oxygen atoms in total. The van der Waals surface area contributed by atoms with E-state index in [1.54, 1.807) is 12.1 Å². The van der Waals surface area contributed by atoms with Crippen molar-refractivity contribution in [1.82, 2.24) is 9.71 Å². The van der Waals surface area contributed by atoms with Gasteiger partial charge in [0.25, 0.3) is 0 Å². The number of aliphatic hydroxyl groups is 1. The highest BCUT2D eigenvalue weighted by Gasteiger charge is 2.23. The molecule has 0 aromatic carbocycles. The van der Waals surface area contributed by atoms with Gasteiger partial charge in [-0.25, -0.2) is 13.1 Å². The highest BCUT2D eigenvalue weighted by Crippen LogP contribution is 2.19. The summed E-state index contributed by atoms with van der Waals surface area (Å²) >= 11 is 0. The molecule has 2 rings (SSSR count). The van der Waals surface area contributed by atoms with E-state index in [1.807, 2.05) is 6.08 Å². The molecule has 1 aliphatic rings. The van der Waals surface area contributed by atoms with Gasteiger partial charge in [-0.05, 0) is 18.6 Å². The maximum Gasteiger partial charge on any atom is 0.242 e. The molecule has 17 heavy (non-hydrogen) atoms. The van der Waals surface area contributed by atoms with E-state index < -0.39 is 10.0 Å². The average molecular weight is 254 g/mol. The van der Waals surface area contributed by atoms with Crippen molar-refractivity contribution >= 4 is 10.0 Å². The number of aliphatic hydroxyl groups excluding tert-OH is 1. The molecule has 0 radical (unpaired) electrons. The largest absolute Gasteiger partial charge is 0.396 e. The van der Waals surface area contributed by atoms with E-state index in [-0.39, 0.29) is 23.5 Å². The van der Waals surface area contributed by atoms with Crippen LogP contribution in [0.5, 0.6) is 0 Å². The SMILES string of the molecule is O=S(=O)(N[C@@H]1C=C[C@H](CO)C1)c1cccnc1. The number of pyridine rings is 1. The van der Waals surface area contributed by atoms with Crippen molar-refractivity contribution in [3.8, 4) is 0 Å². The van der Waals surface area contributed by atoms with Crippen LogP contribution in [0.15, 0.2) is 41.6 Å². The molecule has 6 heteroatoms. The Morgan fingerprint density at radius 3 is 2.88 bits per heavy atom. The molecule has 0 saturated carbocycles. The van der Waals surface area contributed by atoms with Crippen LogP contribution in [-0.2, 0) is 10.0 Å². The standard InChI is InChI=1S/C11H14N2O3S/c14-8-9-3-4-10(6-9)13-17(15,16)11-2-1-5-12-7-11/h1-5,7,9-10,13-14H,6,8H2/t9-,10+/m0/s1. The summed E-state index contributed by atoms with van der Waals surface area (Å²) in [5.41, 5.74) is 0. The Hall–Kier alpha value is -1.24. The zero-order valence-electron chi connectivity index (χ0n) is 9.15. The molecule has 0 spiro atoms. The zero-order chi connectivity index (χ0) is 12.3. The number of sulfonamides is 1. The Labute approximate surface area is 100 Å². The molecule has 1 aromatic rings. The number of nitrogens with zero attached hydrogens (tertiary/aromatic N) is 1. The third-order valence-electron chi connectivity index (χ3n) is 2.66. The second kappa shape index (κ2) is 4.95. The Morgan fingerprint density at radius 2 is 2.29 bits per heavy atom. The fraction of sp³-hybridized carbons (Fsp3) is 0.364. The van der Waals surface area contributed by atoms with Gasteiger partial charge in [0, 0.05) is 31.0 Å². The highest BCUT2D eigenvalue weighted by molar-refractivity contribution is 7.89. The van der Waals surface area contributed by atoms with Crippen LogP contribution in [0, 0.1) is 5.92 Å². The van der Waals surface area contributed by atoms with Crippen molar-refractivity contribution in [2.45, 2.75) is 17.4 Å². The van der Waals surface area contributed by atoms with Crippen LogP contribution >= 0.6 is 0 Å². The fourth-order valence-electron chi connectivity index (χ4n) is 1.77. The van der Waals surface area contributed by atoms with Crippen molar-refractivity contribution in [1.29, 1.82) is 0 Å². The van der Waals surface area contributed by atoms with Gasteiger partial charge in [0.05, 0.1) is 0 Å². The number of hydrogen-bond donors (Lipinski definition) is 2. The van der Waals surface area contributed by atoms with Crippen molar-refractivity contribution < 1.29 is 13.5 Å². The summed E-state index contributed by atoms with van der Waals surface area (Å²) in [7, 11) is -3.52. The molecular formula is C11H14N2O3S. The van der Waals surface area contributed by atoms with E-state index in [9.17, 15) is 8.42 Å². The first kappa shape index (κ1) is 12.2. The van der Waals surface area contributed by atoms with Crippen LogP contribution in [0.2, 0.25) is 0 Å². The lowest BCUT2D eigenvalue weighted by molar-refractivity contribution is 0.248. The first-order chi connectivity index (χ1) is 8.12. The molecule has 92 valence electrons. The van der Waals surface area contributed by atoms with Crippen molar-refractivity contribution in [3.63, 3.8) is 0 Å². The maximum atomic E-state index is 11.9. The highest BCUT2D eigenvalue weighted by atomic mass is 32.2. The van der Waals surface area contributed by atoms with E-state index in [1.165, 1.54) is 18.5 Å². The minimum Gasteiger partial charge on any atom is -0.396 e. The maximum absolute atomic E-state index is 11.9. The van der Waals surface area contributed by atoms with Crippen LogP contribution in [0.25, 0.3) is 0 Å². The van der Waals surface area contributed by atoms with Crippen molar-refractivity contribution in [2.75, 3.05) is 6.61 Å². The number of hydrogen-bond acceptors (Lipinski definition) is 4. The summed E-state index contributed by atoms with van der Waals surface area (Å²) in [6.07, 6.45) is 7.03. The normalized spacial score (nSPS) is 24.1. The Bertz CT molecular complexity index is 499. The Kier molecular flexibility index (Phi) is 3.56. The fourth-order valence-corrected chi connectivity index (χ4v) is 2.94. The monoisotopic (exact) mass is 254 g/mol. The Balaban J connectivity index is 2.07. The lowest BCUT2D eigenvalue weighted by Crippen LogP contribution is -2.33. The quantitative estimate of drug-likeness (QED) is 0.757. The van der Waals surface area contributed by atoms with Gasteiger partial charge < -0.3 is 5.11 Å². The summed E-state index contributed by atoms with van der Waals surface area (Å²) in [5.74, 6) is 0.0385. The number of rotatable bonds is 4. The smallest absolute Gasteiger partial charge is 0.242 e. The lowest BCUT2D eigenvalue weighted by Gasteiger charge is -2.12. The lowest BCUT2D eigenvalue weighted by atomic mass is 10.1. The predicted octanol–water partition coefficient (Wildman–Crippen LogP) is 0.297. The summed E-state index contributed by atoms with van der Waals surface area (Å²) in [4.78, 5) is 3.93. The zero-order valence-corrected chi connectivity index (χ0v) is 9.97. The second-order valence-corrected chi connectivity index (χ2v) is 5.69. The summed E-state index contributed by atoms with van der Waals surface area (Å²) < 4.78 is 26.4.